The summed E-state index contributed by atoms with van der Waals surface area (Å²) in [4.78, 5) is 23.2. The molecule has 3 rings (SSSR count). The molecule has 0 atom stereocenters. The van der Waals surface area contributed by atoms with Crippen LogP contribution in [0.2, 0.25) is 0 Å². The maximum absolute atomic E-state index is 12.1. The Morgan fingerprint density at radius 2 is 2.10 bits per heavy atom. The Kier molecular flexibility index (Phi) is 3.51. The van der Waals surface area contributed by atoms with Gasteiger partial charge in [-0.2, -0.15) is 0 Å². The van der Waals surface area contributed by atoms with Crippen molar-refractivity contribution >= 4 is 17.1 Å². The lowest BCUT2D eigenvalue weighted by Gasteiger charge is -2.06. The molecule has 0 aliphatic carbocycles. The highest BCUT2D eigenvalue weighted by atomic mass is 16.5. The van der Waals surface area contributed by atoms with Crippen LogP contribution in [0.25, 0.3) is 11.2 Å². The largest absolute Gasteiger partial charge is 0.497 e. The van der Waals surface area contributed by atoms with Crippen LogP contribution in [0.5, 0.6) is 5.75 Å². The monoisotopic (exact) mass is 282 g/mol. The molecule has 0 unspecified atom stereocenters. The fourth-order valence-corrected chi connectivity index (χ4v) is 1.98. The van der Waals surface area contributed by atoms with E-state index in [-0.39, 0.29) is 5.91 Å². The van der Waals surface area contributed by atoms with Crippen molar-refractivity contribution in [2.75, 3.05) is 7.11 Å². The summed E-state index contributed by atoms with van der Waals surface area (Å²) in [6, 6.07) is 9.28. The molecule has 6 heteroatoms. The number of nitrogens with zero attached hydrogens (tertiary/aromatic N) is 2. The van der Waals surface area contributed by atoms with E-state index < -0.39 is 0 Å². The Balaban J connectivity index is 1.67. The minimum Gasteiger partial charge on any atom is -0.497 e. The predicted molar refractivity (Wildman–Crippen MR) is 78.1 cm³/mol. The Labute approximate surface area is 121 Å². The first-order valence-corrected chi connectivity index (χ1v) is 6.46. The van der Waals surface area contributed by atoms with E-state index in [1.54, 1.807) is 19.5 Å². The molecule has 2 heterocycles. The van der Waals surface area contributed by atoms with Gasteiger partial charge in [-0.05, 0) is 23.8 Å². The van der Waals surface area contributed by atoms with Crippen molar-refractivity contribution in [3.8, 4) is 5.75 Å². The smallest absolute Gasteiger partial charge is 0.253 e. The third-order valence-electron chi connectivity index (χ3n) is 3.15. The number of nitrogens with one attached hydrogen (secondary N) is 2. The van der Waals surface area contributed by atoms with Crippen LogP contribution in [-0.4, -0.2) is 28.0 Å². The molecule has 3 aromatic rings. The number of carbonyl (C=O) groups is 1. The summed E-state index contributed by atoms with van der Waals surface area (Å²) in [5.74, 6) is 0.619. The Morgan fingerprint density at radius 1 is 1.29 bits per heavy atom. The van der Waals surface area contributed by atoms with Gasteiger partial charge < -0.3 is 15.0 Å². The summed E-state index contributed by atoms with van der Waals surface area (Å²) >= 11 is 0. The zero-order chi connectivity index (χ0) is 14.7. The minimum atomic E-state index is -0.171. The summed E-state index contributed by atoms with van der Waals surface area (Å²) in [6.45, 7) is 0.448. The van der Waals surface area contributed by atoms with Crippen molar-refractivity contribution in [2.45, 2.75) is 6.54 Å². The molecule has 1 aromatic carbocycles. The highest BCUT2D eigenvalue weighted by molar-refractivity contribution is 5.96. The standard InChI is InChI=1S/C15H14N4O2/c1-21-12-4-2-10(3-5-12)7-17-15(20)11-6-13-14(16-8-11)19-9-18-13/h2-6,8-9H,7H2,1H3,(H,17,20)(H,16,18,19). The fraction of sp³-hybridized carbons (Fsp3) is 0.133. The lowest BCUT2D eigenvalue weighted by Crippen LogP contribution is -2.22. The number of amides is 1. The third-order valence-corrected chi connectivity index (χ3v) is 3.15. The number of imidazole rings is 1. The Hall–Kier alpha value is -2.89. The lowest BCUT2D eigenvalue weighted by atomic mass is 10.2. The van der Waals surface area contributed by atoms with E-state index in [4.69, 9.17) is 4.74 Å². The number of hydrogen-bond donors (Lipinski definition) is 2. The highest BCUT2D eigenvalue weighted by Crippen LogP contribution is 2.12. The van der Waals surface area contributed by atoms with Crippen molar-refractivity contribution in [2.24, 2.45) is 0 Å². The number of aromatic amines is 1. The zero-order valence-corrected chi connectivity index (χ0v) is 11.5. The summed E-state index contributed by atoms with van der Waals surface area (Å²) in [5, 5.41) is 2.86. The Morgan fingerprint density at radius 3 is 2.86 bits per heavy atom. The quantitative estimate of drug-likeness (QED) is 0.766. The van der Waals surface area contributed by atoms with E-state index in [1.165, 1.54) is 6.20 Å². The SMILES string of the molecule is COc1ccc(CNC(=O)c2cnc3nc[nH]c3c2)cc1. The number of hydrogen-bond acceptors (Lipinski definition) is 4. The van der Waals surface area contributed by atoms with E-state index in [1.807, 2.05) is 24.3 Å². The second-order valence-electron chi connectivity index (χ2n) is 4.53. The second-order valence-corrected chi connectivity index (χ2v) is 4.53. The number of carbonyl (C=O) groups excluding carboxylic acids is 1. The van der Waals surface area contributed by atoms with Crippen LogP contribution in [0.4, 0.5) is 0 Å². The van der Waals surface area contributed by atoms with Gasteiger partial charge in [0.05, 0.1) is 24.5 Å². The van der Waals surface area contributed by atoms with E-state index >= 15 is 0 Å². The summed E-state index contributed by atoms with van der Waals surface area (Å²) in [5.41, 5.74) is 2.84. The van der Waals surface area contributed by atoms with Crippen LogP contribution in [0, 0.1) is 0 Å². The van der Waals surface area contributed by atoms with Gasteiger partial charge in [-0.1, -0.05) is 12.1 Å². The molecule has 0 saturated carbocycles. The molecule has 2 N–H and O–H groups in total. The van der Waals surface area contributed by atoms with Gasteiger partial charge in [0.2, 0.25) is 0 Å². The maximum atomic E-state index is 12.1. The van der Waals surface area contributed by atoms with Crippen molar-refractivity contribution in [1.82, 2.24) is 20.3 Å². The molecule has 21 heavy (non-hydrogen) atoms. The van der Waals surface area contributed by atoms with Gasteiger partial charge >= 0.3 is 0 Å². The van der Waals surface area contributed by atoms with Gasteiger partial charge in [-0.3, -0.25) is 4.79 Å². The summed E-state index contributed by atoms with van der Waals surface area (Å²) in [6.07, 6.45) is 3.07. The number of methoxy groups -OCH3 is 1. The van der Waals surface area contributed by atoms with Crippen molar-refractivity contribution in [3.63, 3.8) is 0 Å². The van der Waals surface area contributed by atoms with E-state index in [0.29, 0.717) is 17.8 Å². The second kappa shape index (κ2) is 5.62. The van der Waals surface area contributed by atoms with Gasteiger partial charge in [0.1, 0.15) is 5.75 Å². The Bertz CT molecular complexity index is 765. The predicted octanol–water partition coefficient (Wildman–Crippen LogP) is 1.90. The van der Waals surface area contributed by atoms with E-state index in [9.17, 15) is 4.79 Å². The molecule has 0 radical (unpaired) electrons. The van der Waals surface area contributed by atoms with E-state index in [0.717, 1.165) is 16.8 Å². The summed E-state index contributed by atoms with van der Waals surface area (Å²) < 4.78 is 5.09. The maximum Gasteiger partial charge on any atom is 0.253 e. The topological polar surface area (TPSA) is 79.9 Å². The van der Waals surface area contributed by atoms with Gasteiger partial charge in [-0.15, -0.1) is 0 Å². The normalized spacial score (nSPS) is 10.5. The number of H-pyrrole nitrogens is 1. The first-order chi connectivity index (χ1) is 10.3. The lowest BCUT2D eigenvalue weighted by molar-refractivity contribution is 0.0950. The molecule has 2 aromatic heterocycles. The number of rotatable bonds is 4. The van der Waals surface area contributed by atoms with Crippen molar-refractivity contribution < 1.29 is 9.53 Å². The van der Waals surface area contributed by atoms with Gasteiger partial charge in [0.25, 0.3) is 5.91 Å². The van der Waals surface area contributed by atoms with Crippen molar-refractivity contribution in [1.29, 1.82) is 0 Å². The van der Waals surface area contributed by atoms with Gasteiger partial charge in [0.15, 0.2) is 5.65 Å². The van der Waals surface area contributed by atoms with E-state index in [2.05, 4.69) is 20.3 Å². The number of benzene rings is 1. The van der Waals surface area contributed by atoms with Crippen LogP contribution >= 0.6 is 0 Å². The highest BCUT2D eigenvalue weighted by Gasteiger charge is 2.08. The zero-order valence-electron chi connectivity index (χ0n) is 11.5. The molecule has 6 nitrogen and oxygen atoms in total. The first-order valence-electron chi connectivity index (χ1n) is 6.46. The average Bonchev–Trinajstić information content (AvgIpc) is 3.00. The number of pyridine rings is 1. The first kappa shape index (κ1) is 13.1. The minimum absolute atomic E-state index is 0.171. The third kappa shape index (κ3) is 2.84. The van der Waals surface area contributed by atoms with Crippen LogP contribution in [0.1, 0.15) is 15.9 Å². The molecule has 0 aliphatic rings. The molecule has 0 aliphatic heterocycles. The molecule has 0 saturated heterocycles. The molecular formula is C15H14N4O2. The van der Waals surface area contributed by atoms with Gasteiger partial charge in [0, 0.05) is 12.7 Å². The van der Waals surface area contributed by atoms with Crippen LogP contribution in [0.15, 0.2) is 42.9 Å². The molecule has 0 fully saturated rings. The summed E-state index contributed by atoms with van der Waals surface area (Å²) in [7, 11) is 1.62. The van der Waals surface area contributed by atoms with Crippen LogP contribution in [-0.2, 0) is 6.54 Å². The van der Waals surface area contributed by atoms with Crippen LogP contribution < -0.4 is 10.1 Å². The number of ether oxygens (including phenoxy) is 1. The van der Waals surface area contributed by atoms with Crippen LogP contribution in [0.3, 0.4) is 0 Å². The number of aromatic nitrogens is 3. The molecular weight excluding hydrogens is 268 g/mol. The van der Waals surface area contributed by atoms with Gasteiger partial charge in [-0.25, -0.2) is 9.97 Å². The average molecular weight is 282 g/mol. The van der Waals surface area contributed by atoms with Crippen molar-refractivity contribution in [3.05, 3.63) is 54.0 Å². The molecule has 1 amide bonds. The molecule has 0 spiro atoms. The number of fused-ring (bicyclic) bond motifs is 1. The molecule has 106 valence electrons. The fourth-order valence-electron chi connectivity index (χ4n) is 1.98. The molecule has 0 bridgehead atoms.